The average Bonchev–Trinajstić information content (AvgIpc) is 2.17. The Morgan fingerprint density at radius 3 is 2.17 bits per heavy atom. The lowest BCUT2D eigenvalue weighted by molar-refractivity contribution is 0.226. The second-order valence-corrected chi connectivity index (χ2v) is 7.09. The van der Waals surface area contributed by atoms with E-state index in [1.165, 1.54) is 5.69 Å². The highest BCUT2D eigenvalue weighted by atomic mass is 35.5. The van der Waals surface area contributed by atoms with Crippen LogP contribution in [0.1, 0.15) is 33.3 Å². The van der Waals surface area contributed by atoms with E-state index >= 15 is 0 Å². The zero-order valence-corrected chi connectivity index (χ0v) is 12.7. The van der Waals surface area contributed by atoms with Crippen LogP contribution in [0, 0.1) is 6.92 Å². The molecule has 1 saturated heterocycles. The van der Waals surface area contributed by atoms with Crippen molar-refractivity contribution in [1.29, 1.82) is 0 Å². The number of rotatable bonds is 1. The number of hydrogen-bond donors (Lipinski definition) is 1. The van der Waals surface area contributed by atoms with E-state index in [0.29, 0.717) is 0 Å². The maximum atomic E-state index is 6.23. The molecule has 0 atom stereocenters. The molecule has 0 amide bonds. The zero-order chi connectivity index (χ0) is 13.6. The van der Waals surface area contributed by atoms with Gasteiger partial charge in [0, 0.05) is 34.9 Å². The molecule has 100 valence electrons. The maximum Gasteiger partial charge on any atom is 0.0455 e. The summed E-state index contributed by atoms with van der Waals surface area (Å²) >= 11 is 6.23. The summed E-state index contributed by atoms with van der Waals surface area (Å²) in [6.07, 6.45) is 0. The first-order valence-electron chi connectivity index (χ1n) is 6.49. The normalized spacial score (nSPS) is 22.0. The Hall–Kier alpha value is -0.730. The van der Waals surface area contributed by atoms with Gasteiger partial charge in [0.05, 0.1) is 0 Å². The first-order valence-corrected chi connectivity index (χ1v) is 6.87. The summed E-state index contributed by atoms with van der Waals surface area (Å²) in [6, 6.07) is 6.34. The van der Waals surface area contributed by atoms with Crippen LogP contribution >= 0.6 is 11.6 Å². The van der Waals surface area contributed by atoms with E-state index in [9.17, 15) is 0 Å². The molecular formula is C15H23ClN2. The molecule has 1 fully saturated rings. The predicted molar refractivity (Wildman–Crippen MR) is 79.7 cm³/mol. The summed E-state index contributed by atoms with van der Waals surface area (Å²) in [7, 11) is 0. The molecule has 2 nitrogen and oxygen atoms in total. The molecule has 0 saturated carbocycles. The third-order valence-electron chi connectivity index (χ3n) is 3.37. The fourth-order valence-corrected chi connectivity index (χ4v) is 3.14. The topological polar surface area (TPSA) is 15.3 Å². The van der Waals surface area contributed by atoms with E-state index in [1.807, 2.05) is 6.92 Å². The number of anilines is 1. The third kappa shape index (κ3) is 2.99. The largest absolute Gasteiger partial charge is 0.368 e. The van der Waals surface area contributed by atoms with Crippen LogP contribution in [0.2, 0.25) is 5.02 Å². The smallest absolute Gasteiger partial charge is 0.0455 e. The molecule has 1 heterocycles. The molecule has 1 aromatic carbocycles. The van der Waals surface area contributed by atoms with Crippen molar-refractivity contribution in [3.05, 3.63) is 28.8 Å². The van der Waals surface area contributed by atoms with Crippen LogP contribution in [-0.4, -0.2) is 24.2 Å². The molecule has 2 rings (SSSR count). The van der Waals surface area contributed by atoms with Gasteiger partial charge in [0.15, 0.2) is 0 Å². The highest BCUT2D eigenvalue weighted by molar-refractivity contribution is 6.31. The molecule has 0 aliphatic carbocycles. The van der Waals surface area contributed by atoms with Gasteiger partial charge in [-0.05, 0) is 52.3 Å². The summed E-state index contributed by atoms with van der Waals surface area (Å²) < 4.78 is 0. The molecule has 1 N–H and O–H groups in total. The molecule has 1 aromatic rings. The standard InChI is InChI=1S/C15H23ClN2/c1-11-6-7-12(8-13(11)16)18-9-14(2,3)17-15(4,5)10-18/h6-8,17H,9-10H2,1-5H3. The SMILES string of the molecule is Cc1ccc(N2CC(C)(C)NC(C)(C)C2)cc1Cl. The van der Waals surface area contributed by atoms with Crippen molar-refractivity contribution in [2.75, 3.05) is 18.0 Å². The molecule has 18 heavy (non-hydrogen) atoms. The van der Waals surface area contributed by atoms with Gasteiger partial charge in [-0.25, -0.2) is 0 Å². The lowest BCUT2D eigenvalue weighted by Crippen LogP contribution is -2.66. The number of nitrogens with one attached hydrogen (secondary N) is 1. The van der Waals surface area contributed by atoms with Crippen LogP contribution in [0.5, 0.6) is 0 Å². The van der Waals surface area contributed by atoms with Gasteiger partial charge in [-0.15, -0.1) is 0 Å². The minimum absolute atomic E-state index is 0.110. The van der Waals surface area contributed by atoms with E-state index in [1.54, 1.807) is 0 Å². The van der Waals surface area contributed by atoms with Crippen molar-refractivity contribution >= 4 is 17.3 Å². The Morgan fingerprint density at radius 2 is 1.67 bits per heavy atom. The van der Waals surface area contributed by atoms with Crippen molar-refractivity contribution < 1.29 is 0 Å². The fourth-order valence-electron chi connectivity index (χ4n) is 2.97. The third-order valence-corrected chi connectivity index (χ3v) is 3.78. The van der Waals surface area contributed by atoms with Crippen LogP contribution < -0.4 is 10.2 Å². The summed E-state index contributed by atoms with van der Waals surface area (Å²) in [5, 5.41) is 4.53. The van der Waals surface area contributed by atoms with Gasteiger partial charge >= 0.3 is 0 Å². The second kappa shape index (κ2) is 4.43. The molecule has 1 aliphatic heterocycles. The van der Waals surface area contributed by atoms with Crippen LogP contribution in [0.4, 0.5) is 5.69 Å². The van der Waals surface area contributed by atoms with Crippen molar-refractivity contribution in [1.82, 2.24) is 5.32 Å². The molecular weight excluding hydrogens is 244 g/mol. The predicted octanol–water partition coefficient (Wildman–Crippen LogP) is 3.62. The molecule has 0 aromatic heterocycles. The Balaban J connectivity index is 2.29. The number of piperazine rings is 1. The lowest BCUT2D eigenvalue weighted by atomic mass is 9.91. The second-order valence-electron chi connectivity index (χ2n) is 6.68. The van der Waals surface area contributed by atoms with Crippen LogP contribution in [0.3, 0.4) is 0 Å². The van der Waals surface area contributed by atoms with E-state index in [0.717, 1.165) is 23.7 Å². The first kappa shape index (κ1) is 13.7. The van der Waals surface area contributed by atoms with Crippen molar-refractivity contribution in [3.63, 3.8) is 0 Å². The zero-order valence-electron chi connectivity index (χ0n) is 12.0. The minimum atomic E-state index is 0.110. The average molecular weight is 267 g/mol. The van der Waals surface area contributed by atoms with Gasteiger partial charge in [-0.3, -0.25) is 0 Å². The van der Waals surface area contributed by atoms with Crippen molar-refractivity contribution in [3.8, 4) is 0 Å². The Bertz CT molecular complexity index is 436. The molecule has 0 spiro atoms. The quantitative estimate of drug-likeness (QED) is 0.835. The fraction of sp³-hybridized carbons (Fsp3) is 0.600. The molecule has 0 radical (unpaired) electrons. The Morgan fingerprint density at radius 1 is 1.11 bits per heavy atom. The van der Waals surface area contributed by atoms with Crippen molar-refractivity contribution in [2.24, 2.45) is 0 Å². The number of nitrogens with zero attached hydrogens (tertiary/aromatic N) is 1. The van der Waals surface area contributed by atoms with Gasteiger partial charge in [0.2, 0.25) is 0 Å². The molecule has 0 unspecified atom stereocenters. The summed E-state index contributed by atoms with van der Waals surface area (Å²) in [5.74, 6) is 0. The van der Waals surface area contributed by atoms with Crippen LogP contribution in [0.25, 0.3) is 0 Å². The summed E-state index contributed by atoms with van der Waals surface area (Å²) in [5.41, 5.74) is 2.57. The molecule has 1 aliphatic rings. The number of halogens is 1. The van der Waals surface area contributed by atoms with Gasteiger partial charge < -0.3 is 10.2 Å². The lowest BCUT2D eigenvalue weighted by Gasteiger charge is -2.49. The van der Waals surface area contributed by atoms with Crippen LogP contribution in [0.15, 0.2) is 18.2 Å². The highest BCUT2D eigenvalue weighted by Crippen LogP contribution is 2.29. The summed E-state index contributed by atoms with van der Waals surface area (Å²) in [6.45, 7) is 13.0. The highest BCUT2D eigenvalue weighted by Gasteiger charge is 2.36. The maximum absolute atomic E-state index is 6.23. The number of benzene rings is 1. The van der Waals surface area contributed by atoms with Gasteiger partial charge in [0.1, 0.15) is 0 Å². The minimum Gasteiger partial charge on any atom is -0.368 e. The monoisotopic (exact) mass is 266 g/mol. The van der Waals surface area contributed by atoms with Gasteiger partial charge in [0.25, 0.3) is 0 Å². The first-order chi connectivity index (χ1) is 8.19. The number of aryl methyl sites for hydroxylation is 1. The van der Waals surface area contributed by atoms with Crippen LogP contribution in [-0.2, 0) is 0 Å². The molecule has 0 bridgehead atoms. The van der Waals surface area contributed by atoms with Gasteiger partial charge in [-0.2, -0.15) is 0 Å². The van der Waals surface area contributed by atoms with E-state index < -0.39 is 0 Å². The van der Waals surface area contributed by atoms with E-state index in [2.05, 4.69) is 56.1 Å². The molecule has 3 heteroatoms. The van der Waals surface area contributed by atoms with E-state index in [-0.39, 0.29) is 11.1 Å². The van der Waals surface area contributed by atoms with Gasteiger partial charge in [-0.1, -0.05) is 17.7 Å². The van der Waals surface area contributed by atoms with E-state index in [4.69, 9.17) is 11.6 Å². The number of hydrogen-bond acceptors (Lipinski definition) is 2. The van der Waals surface area contributed by atoms with Crippen molar-refractivity contribution in [2.45, 2.75) is 45.7 Å². The summed E-state index contributed by atoms with van der Waals surface area (Å²) in [4.78, 5) is 2.42. The Kier molecular flexibility index (Phi) is 3.37. The Labute approximate surface area is 115 Å².